The van der Waals surface area contributed by atoms with Crippen molar-refractivity contribution in [2.75, 3.05) is 0 Å². The van der Waals surface area contributed by atoms with E-state index in [4.69, 9.17) is 5.73 Å². The summed E-state index contributed by atoms with van der Waals surface area (Å²) in [6.45, 7) is 3.17. The largest absolute Gasteiger partial charge is 0.352 e. The van der Waals surface area contributed by atoms with Crippen molar-refractivity contribution in [1.29, 1.82) is 0 Å². The summed E-state index contributed by atoms with van der Waals surface area (Å²) in [5.41, 5.74) is 11.3. The van der Waals surface area contributed by atoms with Crippen LogP contribution in [0, 0.1) is 6.92 Å². The van der Waals surface area contributed by atoms with Crippen LogP contribution in [0.25, 0.3) is 0 Å². The minimum absolute atomic E-state index is 0.0405. The second-order valence-corrected chi connectivity index (χ2v) is 10.2. The van der Waals surface area contributed by atoms with E-state index in [0.29, 0.717) is 19.5 Å². The maximum absolute atomic E-state index is 13.6. The van der Waals surface area contributed by atoms with Gasteiger partial charge in [-0.05, 0) is 49.3 Å². The third kappa shape index (κ3) is 5.36. The van der Waals surface area contributed by atoms with Crippen LogP contribution in [0.5, 0.6) is 0 Å². The molecule has 0 spiro atoms. The number of imidazole rings is 1. The Morgan fingerprint density at radius 3 is 2.50 bits per heavy atom. The smallest absolute Gasteiger partial charge is 0.243 e. The molecule has 0 bridgehead atoms. The number of amides is 2. The highest BCUT2D eigenvalue weighted by Crippen LogP contribution is 2.26. The number of aryl methyl sites for hydroxylation is 1. The lowest BCUT2D eigenvalue weighted by Gasteiger charge is -2.36. The zero-order valence-corrected chi connectivity index (χ0v) is 20.9. The molecule has 1 aromatic heterocycles. The summed E-state index contributed by atoms with van der Waals surface area (Å²) in [7, 11) is 0. The minimum atomic E-state index is -0.564. The molecule has 1 saturated carbocycles. The molecule has 1 aliphatic carbocycles. The molecule has 2 aliphatic rings. The van der Waals surface area contributed by atoms with Gasteiger partial charge < -0.3 is 20.5 Å². The van der Waals surface area contributed by atoms with Crippen molar-refractivity contribution in [2.24, 2.45) is 5.73 Å². The first-order valence-corrected chi connectivity index (χ1v) is 12.9. The highest BCUT2D eigenvalue weighted by atomic mass is 16.2. The Balaban J connectivity index is 1.39. The number of nitrogens with zero attached hydrogens (tertiary/aromatic N) is 3. The fraction of sp³-hybridized carbons (Fsp3) is 0.414. The zero-order chi connectivity index (χ0) is 25.1. The third-order valence-corrected chi connectivity index (χ3v) is 7.66. The summed E-state index contributed by atoms with van der Waals surface area (Å²) in [5, 5.41) is 3.22. The first kappa shape index (κ1) is 24.3. The highest BCUT2D eigenvalue weighted by molar-refractivity contribution is 5.89. The molecule has 2 heterocycles. The lowest BCUT2D eigenvalue weighted by Crippen LogP contribution is -2.55. The first-order chi connectivity index (χ1) is 17.5. The van der Waals surface area contributed by atoms with Crippen LogP contribution in [0.4, 0.5) is 0 Å². The van der Waals surface area contributed by atoms with Crippen molar-refractivity contribution in [3.05, 3.63) is 89.0 Å². The number of rotatable bonds is 6. The van der Waals surface area contributed by atoms with E-state index in [1.807, 2.05) is 48.8 Å². The third-order valence-electron chi connectivity index (χ3n) is 7.66. The van der Waals surface area contributed by atoms with Crippen molar-refractivity contribution in [2.45, 2.75) is 76.7 Å². The Morgan fingerprint density at radius 2 is 1.75 bits per heavy atom. The molecular formula is C29H35N5O2. The van der Waals surface area contributed by atoms with Gasteiger partial charge in [-0.25, -0.2) is 4.98 Å². The van der Waals surface area contributed by atoms with Crippen molar-refractivity contribution < 1.29 is 9.59 Å². The number of hydrogen-bond donors (Lipinski definition) is 2. The van der Waals surface area contributed by atoms with Gasteiger partial charge in [0.05, 0.1) is 30.7 Å². The van der Waals surface area contributed by atoms with Gasteiger partial charge in [-0.15, -0.1) is 0 Å². The summed E-state index contributed by atoms with van der Waals surface area (Å²) in [5.74, 6) is -0.128. The predicted octanol–water partition coefficient (Wildman–Crippen LogP) is 3.12. The molecule has 1 atom stereocenters. The molecule has 0 saturated heterocycles. The average Bonchev–Trinajstić information content (AvgIpc) is 3.28. The van der Waals surface area contributed by atoms with E-state index in [9.17, 15) is 9.59 Å². The molecule has 3 N–H and O–H groups in total. The van der Waals surface area contributed by atoms with E-state index in [1.165, 1.54) is 11.1 Å². The van der Waals surface area contributed by atoms with Crippen LogP contribution in [0.15, 0.2) is 60.9 Å². The number of carbonyl (C=O) groups is 2. The molecule has 3 aromatic rings. The number of hydrogen-bond acceptors (Lipinski definition) is 4. The number of nitrogens with one attached hydrogen (secondary N) is 1. The molecule has 36 heavy (non-hydrogen) atoms. The maximum Gasteiger partial charge on any atom is 0.243 e. The first-order valence-electron chi connectivity index (χ1n) is 12.9. The minimum Gasteiger partial charge on any atom is -0.352 e. The normalized spacial score (nSPS) is 21.6. The van der Waals surface area contributed by atoms with Crippen molar-refractivity contribution >= 4 is 11.8 Å². The molecule has 1 aliphatic heterocycles. The molecule has 2 aromatic carbocycles. The van der Waals surface area contributed by atoms with E-state index >= 15 is 0 Å². The molecule has 2 amide bonds. The molecule has 188 valence electrons. The SMILES string of the molecule is Cc1ccccc1Cn1cnc2c1CN(C(=O)Cc1ccccc1)C(C(=O)NC1CCC(N)CC1)C2. The van der Waals surface area contributed by atoms with E-state index < -0.39 is 6.04 Å². The van der Waals surface area contributed by atoms with Crippen LogP contribution in [0.2, 0.25) is 0 Å². The molecule has 1 unspecified atom stereocenters. The second kappa shape index (κ2) is 10.7. The molecule has 7 heteroatoms. The Labute approximate surface area is 212 Å². The quantitative estimate of drug-likeness (QED) is 0.561. The number of aromatic nitrogens is 2. The van der Waals surface area contributed by atoms with Gasteiger partial charge in [-0.3, -0.25) is 9.59 Å². The van der Waals surface area contributed by atoms with Gasteiger partial charge in [0.25, 0.3) is 0 Å². The van der Waals surface area contributed by atoms with E-state index in [0.717, 1.165) is 42.6 Å². The summed E-state index contributed by atoms with van der Waals surface area (Å²) < 4.78 is 2.12. The molecule has 7 nitrogen and oxygen atoms in total. The Morgan fingerprint density at radius 1 is 1.03 bits per heavy atom. The fourth-order valence-corrected chi connectivity index (χ4v) is 5.40. The summed E-state index contributed by atoms with van der Waals surface area (Å²) in [6.07, 6.45) is 6.14. The van der Waals surface area contributed by atoms with Crippen molar-refractivity contribution in [3.63, 3.8) is 0 Å². The van der Waals surface area contributed by atoms with Gasteiger partial charge in [0.1, 0.15) is 6.04 Å². The summed E-state index contributed by atoms with van der Waals surface area (Å²) >= 11 is 0. The van der Waals surface area contributed by atoms with Gasteiger partial charge in [0.2, 0.25) is 11.8 Å². The molecule has 1 fully saturated rings. The van der Waals surface area contributed by atoms with Crippen LogP contribution in [0.1, 0.15) is 53.8 Å². The second-order valence-electron chi connectivity index (χ2n) is 10.2. The van der Waals surface area contributed by atoms with Crippen LogP contribution in [0.3, 0.4) is 0 Å². The Kier molecular flexibility index (Phi) is 7.18. The standard InChI is InChI=1S/C29H35N5O2/c1-20-7-5-6-10-22(20)17-33-19-31-25-16-26(29(36)32-24-13-11-23(30)12-14-24)34(18-27(25)33)28(35)15-21-8-3-2-4-9-21/h2-10,19,23-24,26H,11-18,30H2,1H3,(H,32,36). The van der Waals surface area contributed by atoms with Gasteiger partial charge in [0.15, 0.2) is 0 Å². The zero-order valence-electron chi connectivity index (χ0n) is 20.9. The van der Waals surface area contributed by atoms with Gasteiger partial charge in [-0.2, -0.15) is 0 Å². The van der Waals surface area contributed by atoms with Crippen LogP contribution in [-0.2, 0) is 35.5 Å². The van der Waals surface area contributed by atoms with Crippen LogP contribution < -0.4 is 11.1 Å². The van der Waals surface area contributed by atoms with Gasteiger partial charge in [0, 0.05) is 25.0 Å². The lowest BCUT2D eigenvalue weighted by atomic mass is 9.91. The van der Waals surface area contributed by atoms with Crippen molar-refractivity contribution in [3.8, 4) is 0 Å². The average molecular weight is 486 g/mol. The lowest BCUT2D eigenvalue weighted by molar-refractivity contribution is -0.141. The molecule has 5 rings (SSSR count). The molecule has 0 radical (unpaired) electrons. The predicted molar refractivity (Wildman–Crippen MR) is 139 cm³/mol. The van der Waals surface area contributed by atoms with E-state index in [1.54, 1.807) is 4.90 Å². The van der Waals surface area contributed by atoms with E-state index in [2.05, 4.69) is 33.9 Å². The Hall–Kier alpha value is -3.45. The topological polar surface area (TPSA) is 93.2 Å². The Bertz CT molecular complexity index is 1210. The van der Waals surface area contributed by atoms with Crippen LogP contribution in [-0.4, -0.2) is 44.4 Å². The number of fused-ring (bicyclic) bond motifs is 1. The number of benzene rings is 2. The van der Waals surface area contributed by atoms with Crippen molar-refractivity contribution in [1.82, 2.24) is 19.8 Å². The highest BCUT2D eigenvalue weighted by Gasteiger charge is 2.37. The van der Waals surface area contributed by atoms with Crippen LogP contribution >= 0.6 is 0 Å². The fourth-order valence-electron chi connectivity index (χ4n) is 5.40. The molecular weight excluding hydrogens is 450 g/mol. The number of nitrogens with two attached hydrogens (primary N) is 1. The number of carbonyl (C=O) groups excluding carboxylic acids is 2. The van der Waals surface area contributed by atoms with E-state index in [-0.39, 0.29) is 30.3 Å². The monoisotopic (exact) mass is 485 g/mol. The summed E-state index contributed by atoms with van der Waals surface area (Å²) in [6, 6.07) is 17.8. The maximum atomic E-state index is 13.6. The summed E-state index contributed by atoms with van der Waals surface area (Å²) in [4.78, 5) is 33.5. The van der Waals surface area contributed by atoms with Gasteiger partial charge in [-0.1, -0.05) is 54.6 Å². The van der Waals surface area contributed by atoms with Gasteiger partial charge >= 0.3 is 0 Å².